The van der Waals surface area contributed by atoms with Gasteiger partial charge in [0.05, 0.1) is 17.7 Å². The molecule has 0 heterocycles. The smallest absolute Gasteiger partial charge is 0.240 e. The van der Waals surface area contributed by atoms with E-state index in [9.17, 15) is 8.42 Å². The van der Waals surface area contributed by atoms with Crippen LogP contribution in [0.2, 0.25) is 0 Å². The number of sulfonamides is 1. The molecule has 1 saturated carbocycles. The first-order valence-electron chi connectivity index (χ1n) is 6.72. The van der Waals surface area contributed by atoms with Gasteiger partial charge in [0, 0.05) is 6.04 Å². The number of hydrogen-bond acceptors (Lipinski definition) is 4. The zero-order valence-corrected chi connectivity index (χ0v) is 13.0. The fourth-order valence-corrected chi connectivity index (χ4v) is 4.16. The van der Waals surface area contributed by atoms with Crippen LogP contribution in [0.25, 0.3) is 0 Å². The van der Waals surface area contributed by atoms with E-state index in [2.05, 4.69) is 18.6 Å². The number of methoxy groups -OCH3 is 1. The zero-order chi connectivity index (χ0) is 15.0. The molecule has 1 atom stereocenters. The van der Waals surface area contributed by atoms with Gasteiger partial charge in [0.15, 0.2) is 0 Å². The summed E-state index contributed by atoms with van der Waals surface area (Å²) in [4.78, 5) is 0.179. The third-order valence-electron chi connectivity index (χ3n) is 4.07. The predicted molar refractivity (Wildman–Crippen MR) is 79.1 cm³/mol. The highest BCUT2D eigenvalue weighted by molar-refractivity contribution is 7.89. The molecule has 5 nitrogen and oxygen atoms in total. The van der Waals surface area contributed by atoms with Gasteiger partial charge >= 0.3 is 0 Å². The Hall–Kier alpha value is -1.27. The average molecular weight is 298 g/mol. The van der Waals surface area contributed by atoms with Crippen LogP contribution >= 0.6 is 0 Å². The number of benzene rings is 1. The van der Waals surface area contributed by atoms with Crippen LogP contribution in [0.5, 0.6) is 5.75 Å². The highest BCUT2D eigenvalue weighted by Gasteiger charge is 2.37. The summed E-state index contributed by atoms with van der Waals surface area (Å²) >= 11 is 0. The molecule has 0 amide bonds. The Bertz CT molecular complexity index is 596. The molecule has 1 aliphatic rings. The quantitative estimate of drug-likeness (QED) is 0.834. The summed E-state index contributed by atoms with van der Waals surface area (Å²) in [6.45, 7) is 4.19. The standard InChI is InChI=1S/C14H22N2O3S/c1-14(2)8-4-5-13(14)16-20(17,18)10-6-7-12(19-3)11(15)9-10/h6-7,9,13,16H,4-5,8,15H2,1-3H3. The van der Waals surface area contributed by atoms with Gasteiger partial charge in [-0.15, -0.1) is 0 Å². The molecule has 1 aliphatic carbocycles. The lowest BCUT2D eigenvalue weighted by Gasteiger charge is -2.27. The molecule has 2 rings (SSSR count). The molecule has 0 bridgehead atoms. The first-order chi connectivity index (χ1) is 9.26. The Kier molecular flexibility index (Phi) is 3.97. The summed E-state index contributed by atoms with van der Waals surface area (Å²) < 4.78 is 32.7. The molecular formula is C14H22N2O3S. The molecule has 1 aromatic carbocycles. The second-order valence-electron chi connectivity index (χ2n) is 5.96. The van der Waals surface area contributed by atoms with Crippen molar-refractivity contribution in [3.8, 4) is 5.75 Å². The predicted octanol–water partition coefficient (Wildman–Crippen LogP) is 2.13. The fraction of sp³-hybridized carbons (Fsp3) is 0.571. The van der Waals surface area contributed by atoms with E-state index in [-0.39, 0.29) is 16.4 Å². The number of nitrogens with two attached hydrogens (primary N) is 1. The van der Waals surface area contributed by atoms with Crippen LogP contribution in [0.3, 0.4) is 0 Å². The van der Waals surface area contributed by atoms with E-state index in [0.717, 1.165) is 19.3 Å². The van der Waals surface area contributed by atoms with Gasteiger partial charge in [0.2, 0.25) is 10.0 Å². The Morgan fingerprint density at radius 3 is 2.60 bits per heavy atom. The van der Waals surface area contributed by atoms with Crippen molar-refractivity contribution >= 4 is 15.7 Å². The van der Waals surface area contributed by atoms with Crippen molar-refractivity contribution < 1.29 is 13.2 Å². The zero-order valence-electron chi connectivity index (χ0n) is 12.1. The summed E-state index contributed by atoms with van der Waals surface area (Å²) in [6.07, 6.45) is 2.95. The molecular weight excluding hydrogens is 276 g/mol. The normalized spacial score (nSPS) is 21.9. The minimum atomic E-state index is -3.55. The van der Waals surface area contributed by atoms with E-state index in [4.69, 9.17) is 10.5 Å². The lowest BCUT2D eigenvalue weighted by atomic mass is 9.88. The van der Waals surface area contributed by atoms with E-state index in [1.807, 2.05) is 0 Å². The maximum Gasteiger partial charge on any atom is 0.240 e. The van der Waals surface area contributed by atoms with Crippen molar-refractivity contribution in [2.24, 2.45) is 5.41 Å². The minimum Gasteiger partial charge on any atom is -0.495 e. The number of ether oxygens (including phenoxy) is 1. The highest BCUT2D eigenvalue weighted by atomic mass is 32.2. The maximum absolute atomic E-state index is 12.4. The average Bonchev–Trinajstić information content (AvgIpc) is 2.68. The first kappa shape index (κ1) is 15.1. The molecule has 1 unspecified atom stereocenters. The summed E-state index contributed by atoms with van der Waals surface area (Å²) in [5.74, 6) is 0.477. The van der Waals surface area contributed by atoms with Gasteiger partial charge in [-0.3, -0.25) is 0 Å². The van der Waals surface area contributed by atoms with E-state index in [1.54, 1.807) is 6.07 Å². The van der Waals surface area contributed by atoms with Gasteiger partial charge in [-0.1, -0.05) is 20.3 Å². The molecule has 3 N–H and O–H groups in total. The molecule has 0 aromatic heterocycles. The largest absolute Gasteiger partial charge is 0.495 e. The van der Waals surface area contributed by atoms with Gasteiger partial charge in [0.1, 0.15) is 5.75 Å². The molecule has 6 heteroatoms. The molecule has 0 aliphatic heterocycles. The number of anilines is 1. The van der Waals surface area contributed by atoms with Crippen molar-refractivity contribution in [1.82, 2.24) is 4.72 Å². The van der Waals surface area contributed by atoms with Crippen LogP contribution in [0.15, 0.2) is 23.1 Å². The minimum absolute atomic E-state index is 0.00884. The fourth-order valence-electron chi connectivity index (χ4n) is 2.68. The van der Waals surface area contributed by atoms with Crippen LogP contribution in [-0.2, 0) is 10.0 Å². The van der Waals surface area contributed by atoms with Gasteiger partial charge in [0.25, 0.3) is 0 Å². The van der Waals surface area contributed by atoms with Crippen LogP contribution in [0.1, 0.15) is 33.1 Å². The lowest BCUT2D eigenvalue weighted by molar-refractivity contribution is 0.313. The SMILES string of the molecule is COc1ccc(S(=O)(=O)NC2CCCC2(C)C)cc1N. The Labute approximate surface area is 120 Å². The van der Waals surface area contributed by atoms with E-state index < -0.39 is 10.0 Å². The van der Waals surface area contributed by atoms with Crippen molar-refractivity contribution in [3.63, 3.8) is 0 Å². The number of rotatable bonds is 4. The molecule has 112 valence electrons. The van der Waals surface area contributed by atoms with Crippen molar-refractivity contribution in [1.29, 1.82) is 0 Å². The van der Waals surface area contributed by atoms with E-state index in [1.165, 1.54) is 19.2 Å². The van der Waals surface area contributed by atoms with Crippen LogP contribution in [-0.4, -0.2) is 21.6 Å². The summed E-state index contributed by atoms with van der Waals surface area (Å²) in [6, 6.07) is 4.49. The number of hydrogen-bond donors (Lipinski definition) is 2. The van der Waals surface area contributed by atoms with E-state index in [0.29, 0.717) is 11.4 Å². The Balaban J connectivity index is 2.25. The van der Waals surface area contributed by atoms with Crippen LogP contribution in [0, 0.1) is 5.41 Å². The van der Waals surface area contributed by atoms with Crippen molar-refractivity contribution in [2.45, 2.75) is 44.0 Å². The Morgan fingerprint density at radius 1 is 1.40 bits per heavy atom. The lowest BCUT2D eigenvalue weighted by Crippen LogP contribution is -2.41. The van der Waals surface area contributed by atoms with Gasteiger partial charge < -0.3 is 10.5 Å². The second kappa shape index (κ2) is 5.26. The molecule has 0 radical (unpaired) electrons. The first-order valence-corrected chi connectivity index (χ1v) is 8.20. The molecule has 1 aromatic rings. The Morgan fingerprint density at radius 2 is 2.10 bits per heavy atom. The monoisotopic (exact) mass is 298 g/mol. The topological polar surface area (TPSA) is 81.4 Å². The third-order valence-corrected chi connectivity index (χ3v) is 5.54. The molecule has 20 heavy (non-hydrogen) atoms. The highest BCUT2D eigenvalue weighted by Crippen LogP contribution is 2.38. The maximum atomic E-state index is 12.4. The molecule has 0 spiro atoms. The van der Waals surface area contributed by atoms with E-state index >= 15 is 0 Å². The van der Waals surface area contributed by atoms with Gasteiger partial charge in [-0.2, -0.15) is 0 Å². The third kappa shape index (κ3) is 2.91. The molecule has 1 fully saturated rings. The summed E-state index contributed by atoms with van der Waals surface area (Å²) in [5.41, 5.74) is 6.08. The van der Waals surface area contributed by atoms with Crippen LogP contribution < -0.4 is 15.2 Å². The molecule has 0 saturated heterocycles. The van der Waals surface area contributed by atoms with Crippen LogP contribution in [0.4, 0.5) is 5.69 Å². The number of nitrogens with one attached hydrogen (secondary N) is 1. The van der Waals surface area contributed by atoms with Gasteiger partial charge in [-0.05, 0) is 36.5 Å². The second-order valence-corrected chi connectivity index (χ2v) is 7.67. The van der Waals surface area contributed by atoms with Gasteiger partial charge in [-0.25, -0.2) is 13.1 Å². The van der Waals surface area contributed by atoms with Crippen molar-refractivity contribution in [3.05, 3.63) is 18.2 Å². The summed E-state index contributed by atoms with van der Waals surface area (Å²) in [7, 11) is -2.05. The number of nitrogen functional groups attached to an aromatic ring is 1. The summed E-state index contributed by atoms with van der Waals surface area (Å²) in [5, 5.41) is 0. The van der Waals surface area contributed by atoms with Crippen molar-refractivity contribution in [2.75, 3.05) is 12.8 Å².